The lowest BCUT2D eigenvalue weighted by molar-refractivity contribution is 1.41. The first-order chi connectivity index (χ1) is 24.2. The molecule has 230 valence electrons. The Hall–Kier alpha value is -6.72. The molecular formula is C44H29N5. The van der Waals surface area contributed by atoms with Gasteiger partial charge in [0, 0.05) is 33.5 Å². The normalized spacial score (nSPS) is 17.7. The average molecular weight is 628 g/mol. The van der Waals surface area contributed by atoms with Gasteiger partial charge in [0.2, 0.25) is 0 Å². The van der Waals surface area contributed by atoms with Crippen molar-refractivity contribution >= 4 is 50.8 Å². The van der Waals surface area contributed by atoms with E-state index in [0.717, 1.165) is 90.2 Å². The van der Waals surface area contributed by atoms with Crippen molar-refractivity contribution < 1.29 is 0 Å². The second kappa shape index (κ2) is 11.8. The van der Waals surface area contributed by atoms with E-state index in [1.54, 1.807) is 0 Å². The summed E-state index contributed by atoms with van der Waals surface area (Å²) in [7, 11) is 0. The summed E-state index contributed by atoms with van der Waals surface area (Å²) in [6, 6.07) is 38.9. The van der Waals surface area contributed by atoms with E-state index in [9.17, 15) is 0 Å². The molecule has 0 radical (unpaired) electrons. The molecular weight excluding hydrogens is 599 g/mol. The molecule has 4 aromatic carbocycles. The lowest BCUT2D eigenvalue weighted by Crippen LogP contribution is -2.04. The van der Waals surface area contributed by atoms with Crippen LogP contribution in [0.2, 0.25) is 0 Å². The zero-order valence-electron chi connectivity index (χ0n) is 26.5. The first-order valence-electron chi connectivity index (χ1n) is 16.3. The summed E-state index contributed by atoms with van der Waals surface area (Å²) in [6.07, 6.45) is 16.6. The van der Waals surface area contributed by atoms with Crippen LogP contribution in [-0.2, 0) is 0 Å². The molecule has 0 spiro atoms. The highest BCUT2D eigenvalue weighted by atomic mass is 14.9. The lowest BCUT2D eigenvalue weighted by atomic mass is 9.97. The number of nitrogens with zero attached hydrogens (tertiary/aromatic N) is 4. The maximum atomic E-state index is 6.64. The van der Waals surface area contributed by atoms with Gasteiger partial charge in [-0.25, -0.2) is 20.0 Å². The van der Waals surface area contributed by atoms with Crippen molar-refractivity contribution in [3.05, 3.63) is 209 Å². The molecule has 0 saturated heterocycles. The van der Waals surface area contributed by atoms with Gasteiger partial charge in [-0.1, -0.05) is 109 Å². The second-order valence-corrected chi connectivity index (χ2v) is 12.0. The summed E-state index contributed by atoms with van der Waals surface area (Å²) in [5.41, 5.74) is 21.6. The number of anilines is 1. The van der Waals surface area contributed by atoms with Crippen LogP contribution in [0, 0.1) is 0 Å². The Bertz CT molecular complexity index is 2400. The topological polar surface area (TPSA) is 75.5 Å². The van der Waals surface area contributed by atoms with Crippen LogP contribution in [0.4, 0.5) is 5.69 Å². The average Bonchev–Trinajstić information content (AvgIpc) is 3.98. The third-order valence-electron chi connectivity index (χ3n) is 9.03. The summed E-state index contributed by atoms with van der Waals surface area (Å²) in [5.74, 6) is 0. The highest BCUT2D eigenvalue weighted by Gasteiger charge is 2.27. The van der Waals surface area contributed by atoms with Crippen LogP contribution in [0.5, 0.6) is 0 Å². The Morgan fingerprint density at radius 1 is 0.306 bits per heavy atom. The van der Waals surface area contributed by atoms with Crippen molar-refractivity contribution in [2.24, 2.45) is 20.0 Å². The van der Waals surface area contributed by atoms with Crippen molar-refractivity contribution in [2.75, 3.05) is 5.73 Å². The molecule has 5 nitrogen and oxygen atoms in total. The van der Waals surface area contributed by atoms with E-state index in [-0.39, 0.29) is 0 Å². The van der Waals surface area contributed by atoms with Gasteiger partial charge in [-0.15, -0.1) is 0 Å². The number of para-hydroxylation sites is 1. The predicted octanol–water partition coefficient (Wildman–Crippen LogP) is 9.27. The summed E-state index contributed by atoms with van der Waals surface area (Å²) in [6.45, 7) is 0. The van der Waals surface area contributed by atoms with Crippen molar-refractivity contribution in [1.82, 2.24) is 0 Å². The SMILES string of the molecule is Nc1ccccc1C1=C2C=CC(=N2)C(c2ccccc2)=C2C=CC(=N2)C(c2ccccc2)=C2C=CC(=N2)C(c2ccccc2)=C2C=CC1=N2. The quantitative estimate of drug-likeness (QED) is 0.225. The first-order valence-corrected chi connectivity index (χ1v) is 16.3. The Morgan fingerprint density at radius 3 is 0.980 bits per heavy atom. The van der Waals surface area contributed by atoms with E-state index in [1.165, 1.54) is 0 Å². The molecule has 5 heterocycles. The van der Waals surface area contributed by atoms with Crippen molar-refractivity contribution in [2.45, 2.75) is 0 Å². The van der Waals surface area contributed by atoms with Crippen LogP contribution < -0.4 is 5.73 Å². The molecule has 0 unspecified atom stereocenters. The smallest absolute Gasteiger partial charge is 0.0738 e. The number of nitrogen functional groups attached to an aromatic ring is 1. The van der Waals surface area contributed by atoms with Gasteiger partial charge in [-0.05, 0) is 71.4 Å². The molecule has 0 fully saturated rings. The molecule has 5 aliphatic heterocycles. The third kappa shape index (κ3) is 5.05. The van der Waals surface area contributed by atoms with Crippen LogP contribution in [0.1, 0.15) is 22.3 Å². The Labute approximate surface area is 284 Å². The van der Waals surface area contributed by atoms with Crippen molar-refractivity contribution in [1.29, 1.82) is 0 Å². The van der Waals surface area contributed by atoms with Gasteiger partial charge in [0.15, 0.2) is 0 Å². The van der Waals surface area contributed by atoms with E-state index < -0.39 is 0 Å². The highest BCUT2D eigenvalue weighted by molar-refractivity contribution is 6.39. The minimum Gasteiger partial charge on any atom is -0.398 e. The molecule has 5 aliphatic rings. The van der Waals surface area contributed by atoms with Crippen LogP contribution in [0.3, 0.4) is 0 Å². The Balaban J connectivity index is 1.38. The number of nitrogens with two attached hydrogens (primary N) is 1. The summed E-state index contributed by atoms with van der Waals surface area (Å²) in [5, 5.41) is 0. The molecule has 0 atom stereocenters. The third-order valence-corrected chi connectivity index (χ3v) is 9.03. The molecule has 5 heteroatoms. The summed E-state index contributed by atoms with van der Waals surface area (Å²) in [4.78, 5) is 21.2. The number of benzene rings is 4. The fraction of sp³-hybridized carbons (Fsp3) is 0. The van der Waals surface area contributed by atoms with Gasteiger partial charge < -0.3 is 5.73 Å². The molecule has 2 N–H and O–H groups in total. The summed E-state index contributed by atoms with van der Waals surface area (Å²) < 4.78 is 0. The van der Waals surface area contributed by atoms with Crippen molar-refractivity contribution in [3.8, 4) is 0 Å². The first kappa shape index (κ1) is 28.5. The molecule has 4 aromatic rings. The number of rotatable bonds is 4. The Morgan fingerprint density at radius 2 is 0.612 bits per heavy atom. The van der Waals surface area contributed by atoms with Gasteiger partial charge in [-0.3, -0.25) is 0 Å². The lowest BCUT2D eigenvalue weighted by Gasteiger charge is -2.13. The molecule has 0 aromatic heterocycles. The molecule has 49 heavy (non-hydrogen) atoms. The summed E-state index contributed by atoms with van der Waals surface area (Å²) >= 11 is 0. The second-order valence-electron chi connectivity index (χ2n) is 12.0. The van der Waals surface area contributed by atoms with E-state index in [1.807, 2.05) is 66.7 Å². The van der Waals surface area contributed by atoms with Gasteiger partial charge in [0.1, 0.15) is 0 Å². The number of aliphatic imine (C=N–C) groups is 4. The van der Waals surface area contributed by atoms with Gasteiger partial charge >= 0.3 is 0 Å². The van der Waals surface area contributed by atoms with Crippen LogP contribution in [-0.4, -0.2) is 22.8 Å². The van der Waals surface area contributed by atoms with Gasteiger partial charge in [-0.2, -0.15) is 0 Å². The van der Waals surface area contributed by atoms with Gasteiger partial charge in [0.25, 0.3) is 0 Å². The van der Waals surface area contributed by atoms with Gasteiger partial charge in [0.05, 0.1) is 45.6 Å². The molecule has 9 rings (SSSR count). The number of hydrogen-bond donors (Lipinski definition) is 1. The van der Waals surface area contributed by atoms with Crippen LogP contribution >= 0.6 is 0 Å². The van der Waals surface area contributed by atoms with E-state index in [2.05, 4.69) is 97.1 Å². The Kier molecular flexibility index (Phi) is 6.87. The highest BCUT2D eigenvalue weighted by Crippen LogP contribution is 2.39. The fourth-order valence-electron chi connectivity index (χ4n) is 6.79. The maximum absolute atomic E-state index is 6.64. The minimum atomic E-state index is 0.661. The zero-order chi connectivity index (χ0) is 32.7. The standard InChI is InChI=1S/C44H29N5/c45-32-19-11-10-18-31(32)44-39-26-24-37(48-39)42(29-14-6-2-7-15-29)35-22-20-33(46-35)41(28-12-4-1-5-13-28)34-21-23-36(47-34)43(30-16-8-3-9-17-30)38-25-27-40(44)49-38/h1-27H,45H2. The van der Waals surface area contributed by atoms with Crippen LogP contribution in [0.15, 0.2) is 207 Å². The van der Waals surface area contributed by atoms with Crippen LogP contribution in [0.25, 0.3) is 22.3 Å². The molecule has 8 bridgehead atoms. The molecule has 0 aliphatic carbocycles. The maximum Gasteiger partial charge on any atom is 0.0738 e. The monoisotopic (exact) mass is 627 g/mol. The number of hydrogen-bond acceptors (Lipinski definition) is 5. The van der Waals surface area contributed by atoms with E-state index >= 15 is 0 Å². The predicted molar refractivity (Wildman–Crippen MR) is 204 cm³/mol. The molecule has 0 saturated carbocycles. The molecule has 0 amide bonds. The largest absolute Gasteiger partial charge is 0.398 e. The van der Waals surface area contributed by atoms with Crippen molar-refractivity contribution in [3.63, 3.8) is 0 Å². The minimum absolute atomic E-state index is 0.661. The zero-order valence-corrected chi connectivity index (χ0v) is 26.5. The fourth-order valence-corrected chi connectivity index (χ4v) is 6.79. The van der Waals surface area contributed by atoms with E-state index in [0.29, 0.717) is 5.69 Å². The number of allylic oxidation sites excluding steroid dienone is 12. The van der Waals surface area contributed by atoms with E-state index in [4.69, 9.17) is 25.7 Å². The number of fused-ring (bicyclic) bond motifs is 4.